The van der Waals surface area contributed by atoms with E-state index >= 15 is 0 Å². The van der Waals surface area contributed by atoms with Gasteiger partial charge in [-0.1, -0.05) is 11.6 Å². The van der Waals surface area contributed by atoms with E-state index < -0.39 is 22.7 Å². The number of hydrogen-bond donors (Lipinski definition) is 0. The standard InChI is InChI=1S/C15H10ClF3N4O.H2S/c1-8-7-22(14(24)13-9(5-20)6-21-23(8)13)10-2-3-11(12(16)4-10)15(17,18)19;/h2-4,6,8H,7H2,1H3;1H2/t8-;/m0./s1. The molecule has 0 spiro atoms. The zero-order valence-electron chi connectivity index (χ0n) is 12.8. The average molecular weight is 389 g/mol. The molecule has 0 radical (unpaired) electrons. The number of carbonyl (C=O) groups excluding carboxylic acids is 1. The molecule has 1 atom stereocenters. The molecule has 2 heterocycles. The van der Waals surface area contributed by atoms with Gasteiger partial charge in [-0.15, -0.1) is 0 Å². The lowest BCUT2D eigenvalue weighted by Crippen LogP contribution is -2.43. The quantitative estimate of drug-likeness (QED) is 0.747. The van der Waals surface area contributed by atoms with Crippen LogP contribution in [0.2, 0.25) is 5.02 Å². The number of halogens is 4. The number of carbonyl (C=O) groups is 1. The maximum Gasteiger partial charge on any atom is 0.417 e. The van der Waals surface area contributed by atoms with Gasteiger partial charge in [0, 0.05) is 12.2 Å². The Balaban J connectivity index is 0.00000225. The van der Waals surface area contributed by atoms with E-state index in [1.807, 2.05) is 6.07 Å². The summed E-state index contributed by atoms with van der Waals surface area (Å²) in [6.07, 6.45) is -3.27. The molecule has 1 aromatic carbocycles. The minimum absolute atomic E-state index is 0. The summed E-state index contributed by atoms with van der Waals surface area (Å²) in [5.74, 6) is -0.502. The normalized spacial score (nSPS) is 16.9. The van der Waals surface area contributed by atoms with Gasteiger partial charge < -0.3 is 4.90 Å². The van der Waals surface area contributed by atoms with Crippen molar-refractivity contribution in [2.45, 2.75) is 19.1 Å². The van der Waals surface area contributed by atoms with Crippen LogP contribution in [0.25, 0.3) is 0 Å². The predicted octanol–water partition coefficient (Wildman–Crippen LogP) is 3.76. The molecule has 2 aromatic rings. The molecule has 3 rings (SSSR count). The van der Waals surface area contributed by atoms with Crippen molar-refractivity contribution in [3.05, 3.63) is 46.2 Å². The summed E-state index contributed by atoms with van der Waals surface area (Å²) in [5.41, 5.74) is -0.490. The number of nitrogens with zero attached hydrogens (tertiary/aromatic N) is 4. The highest BCUT2D eigenvalue weighted by Gasteiger charge is 2.36. The molecule has 0 N–H and O–H groups in total. The topological polar surface area (TPSA) is 61.9 Å². The van der Waals surface area contributed by atoms with Crippen molar-refractivity contribution < 1.29 is 18.0 Å². The Labute approximate surface area is 153 Å². The van der Waals surface area contributed by atoms with Gasteiger partial charge in [-0.3, -0.25) is 9.48 Å². The fraction of sp³-hybridized carbons (Fsp3) is 0.267. The van der Waals surface area contributed by atoms with Gasteiger partial charge in [0.1, 0.15) is 17.3 Å². The van der Waals surface area contributed by atoms with Gasteiger partial charge in [0.15, 0.2) is 0 Å². The third-order valence-electron chi connectivity index (χ3n) is 3.80. The highest BCUT2D eigenvalue weighted by molar-refractivity contribution is 7.59. The first-order chi connectivity index (χ1) is 11.2. The summed E-state index contributed by atoms with van der Waals surface area (Å²) in [7, 11) is 0. The minimum atomic E-state index is -4.57. The molecule has 1 aliphatic heterocycles. The first kappa shape index (κ1) is 19.1. The molecule has 1 amide bonds. The van der Waals surface area contributed by atoms with Crippen LogP contribution >= 0.6 is 25.1 Å². The Morgan fingerprint density at radius 2 is 2.08 bits per heavy atom. The first-order valence-corrected chi connectivity index (χ1v) is 7.28. The van der Waals surface area contributed by atoms with Crippen LogP contribution in [0.3, 0.4) is 0 Å². The summed E-state index contributed by atoms with van der Waals surface area (Å²) in [5, 5.41) is 12.6. The Hall–Kier alpha value is -2.18. The highest BCUT2D eigenvalue weighted by atomic mass is 35.5. The van der Waals surface area contributed by atoms with E-state index in [0.29, 0.717) is 0 Å². The molecule has 0 bridgehead atoms. The van der Waals surface area contributed by atoms with Gasteiger partial charge in [0.25, 0.3) is 5.91 Å². The summed E-state index contributed by atoms with van der Waals surface area (Å²) in [6.45, 7) is 2.00. The van der Waals surface area contributed by atoms with Crippen LogP contribution in [0, 0.1) is 11.3 Å². The number of benzene rings is 1. The number of aromatic nitrogens is 2. The molecular formula is C15H12ClF3N4OS. The number of amides is 1. The van der Waals surface area contributed by atoms with Crippen molar-refractivity contribution in [3.8, 4) is 6.07 Å². The molecule has 0 unspecified atom stereocenters. The summed E-state index contributed by atoms with van der Waals surface area (Å²) >= 11 is 5.73. The fourth-order valence-corrected chi connectivity index (χ4v) is 2.95. The molecule has 0 saturated carbocycles. The molecule has 1 aliphatic rings. The van der Waals surface area contributed by atoms with Crippen molar-refractivity contribution in [3.63, 3.8) is 0 Å². The van der Waals surface area contributed by atoms with Crippen LogP contribution in [-0.4, -0.2) is 22.2 Å². The smallest absolute Gasteiger partial charge is 0.305 e. The van der Waals surface area contributed by atoms with Crippen molar-refractivity contribution >= 4 is 36.7 Å². The van der Waals surface area contributed by atoms with E-state index in [1.165, 1.54) is 21.8 Å². The summed E-state index contributed by atoms with van der Waals surface area (Å²) < 4.78 is 39.9. The summed E-state index contributed by atoms with van der Waals surface area (Å²) in [4.78, 5) is 13.9. The second-order valence-corrected chi connectivity index (χ2v) is 5.80. The Morgan fingerprint density at radius 3 is 2.64 bits per heavy atom. The van der Waals surface area contributed by atoms with Crippen LogP contribution < -0.4 is 4.90 Å². The van der Waals surface area contributed by atoms with Crippen molar-refractivity contribution in [2.75, 3.05) is 11.4 Å². The van der Waals surface area contributed by atoms with Gasteiger partial charge in [-0.25, -0.2) is 0 Å². The lowest BCUT2D eigenvalue weighted by Gasteiger charge is -2.32. The number of hydrogen-bond acceptors (Lipinski definition) is 3. The highest BCUT2D eigenvalue weighted by Crippen LogP contribution is 2.37. The Morgan fingerprint density at radius 1 is 1.40 bits per heavy atom. The number of rotatable bonds is 1. The molecule has 1 aromatic heterocycles. The lowest BCUT2D eigenvalue weighted by molar-refractivity contribution is -0.137. The first-order valence-electron chi connectivity index (χ1n) is 6.90. The molecule has 0 aliphatic carbocycles. The Kier molecular flexibility index (Phi) is 5.06. The number of alkyl halides is 3. The zero-order chi connectivity index (χ0) is 17.6. The van der Waals surface area contributed by atoms with E-state index in [1.54, 1.807) is 6.92 Å². The van der Waals surface area contributed by atoms with Crippen LogP contribution in [0.4, 0.5) is 18.9 Å². The number of nitriles is 1. The van der Waals surface area contributed by atoms with E-state index in [2.05, 4.69) is 5.10 Å². The molecule has 10 heteroatoms. The largest absolute Gasteiger partial charge is 0.417 e. The van der Waals surface area contributed by atoms with Gasteiger partial charge in [-0.2, -0.15) is 37.0 Å². The van der Waals surface area contributed by atoms with E-state index in [-0.39, 0.29) is 43.0 Å². The van der Waals surface area contributed by atoms with Crippen LogP contribution in [0.5, 0.6) is 0 Å². The van der Waals surface area contributed by atoms with Gasteiger partial charge in [0.2, 0.25) is 0 Å². The van der Waals surface area contributed by atoms with Crippen molar-refractivity contribution in [1.82, 2.24) is 9.78 Å². The second kappa shape index (κ2) is 6.61. The minimum Gasteiger partial charge on any atom is -0.305 e. The van der Waals surface area contributed by atoms with Gasteiger partial charge in [0.05, 0.1) is 22.8 Å². The molecular weight excluding hydrogens is 377 g/mol. The Bertz CT molecular complexity index is 875. The van der Waals surface area contributed by atoms with Gasteiger partial charge >= 0.3 is 6.18 Å². The van der Waals surface area contributed by atoms with Gasteiger partial charge in [-0.05, 0) is 25.1 Å². The predicted molar refractivity (Wildman–Crippen MR) is 90.2 cm³/mol. The lowest BCUT2D eigenvalue weighted by atomic mass is 10.1. The zero-order valence-corrected chi connectivity index (χ0v) is 14.6. The van der Waals surface area contributed by atoms with Crippen molar-refractivity contribution in [2.24, 2.45) is 0 Å². The summed E-state index contributed by atoms with van der Waals surface area (Å²) in [6, 6.07) is 4.79. The maximum atomic E-state index is 12.8. The van der Waals surface area contributed by atoms with E-state index in [0.717, 1.165) is 12.1 Å². The maximum absolute atomic E-state index is 12.8. The third-order valence-corrected chi connectivity index (χ3v) is 4.11. The van der Waals surface area contributed by atoms with Crippen LogP contribution in [0.15, 0.2) is 24.4 Å². The molecule has 25 heavy (non-hydrogen) atoms. The monoisotopic (exact) mass is 388 g/mol. The molecule has 0 fully saturated rings. The third kappa shape index (κ3) is 3.19. The molecule has 0 saturated heterocycles. The molecule has 5 nitrogen and oxygen atoms in total. The second-order valence-electron chi connectivity index (χ2n) is 5.39. The SMILES string of the molecule is C[C@H]1CN(c2ccc(C(F)(F)F)c(Cl)c2)C(=O)c2c(C#N)cnn21.S. The van der Waals surface area contributed by atoms with E-state index in [9.17, 15) is 18.0 Å². The number of anilines is 1. The van der Waals surface area contributed by atoms with E-state index in [4.69, 9.17) is 16.9 Å². The average Bonchev–Trinajstić information content (AvgIpc) is 2.94. The van der Waals surface area contributed by atoms with Crippen LogP contribution in [0.1, 0.15) is 34.6 Å². The van der Waals surface area contributed by atoms with Crippen molar-refractivity contribution in [1.29, 1.82) is 5.26 Å². The fourth-order valence-electron chi connectivity index (χ4n) is 2.67. The molecule has 132 valence electrons. The number of fused-ring (bicyclic) bond motifs is 1. The van der Waals surface area contributed by atoms with Crippen LogP contribution in [-0.2, 0) is 6.18 Å².